The third-order valence-corrected chi connectivity index (χ3v) is 8.77. The molecule has 0 saturated heterocycles. The first-order chi connectivity index (χ1) is 13.0. The standard InChI is InChI=1S/C22H26ClFO4/c1-12-8-16-15-5-4-13-9-14(25)6-7-19(13,2)21(15,24)17(26)10-20(16,3)22(12,28)18(27)11-23/h6-7,9,12,15-16,28H,4-5,8,10-11H2,1-3H3. The molecule has 0 aliphatic heterocycles. The molecule has 0 spiro atoms. The smallest absolute Gasteiger partial charge is 0.184 e. The van der Waals surface area contributed by atoms with Gasteiger partial charge in [0.15, 0.2) is 23.0 Å². The van der Waals surface area contributed by atoms with Crippen LogP contribution in [-0.4, -0.2) is 39.6 Å². The van der Waals surface area contributed by atoms with Crippen molar-refractivity contribution in [1.82, 2.24) is 0 Å². The number of carbonyl (C=O) groups excluding carboxylic acids is 3. The molecule has 6 heteroatoms. The number of alkyl halides is 2. The summed E-state index contributed by atoms with van der Waals surface area (Å²) in [4.78, 5) is 37.8. The molecule has 4 aliphatic rings. The molecule has 1 N–H and O–H groups in total. The van der Waals surface area contributed by atoms with E-state index in [1.165, 1.54) is 12.2 Å². The van der Waals surface area contributed by atoms with Gasteiger partial charge in [-0.1, -0.05) is 25.5 Å². The summed E-state index contributed by atoms with van der Waals surface area (Å²) in [5, 5.41) is 11.4. The molecule has 0 bridgehead atoms. The van der Waals surface area contributed by atoms with Gasteiger partial charge in [-0.2, -0.15) is 0 Å². The molecule has 3 saturated carbocycles. The van der Waals surface area contributed by atoms with Crippen molar-refractivity contribution in [2.45, 2.75) is 57.7 Å². The summed E-state index contributed by atoms with van der Waals surface area (Å²) in [6, 6.07) is 0. The highest BCUT2D eigenvalue weighted by atomic mass is 35.5. The molecular formula is C22H26ClFO4. The van der Waals surface area contributed by atoms with Crippen LogP contribution in [-0.2, 0) is 14.4 Å². The van der Waals surface area contributed by atoms with Gasteiger partial charge in [0, 0.05) is 23.2 Å². The van der Waals surface area contributed by atoms with Crippen LogP contribution in [0.1, 0.15) is 46.5 Å². The van der Waals surface area contributed by atoms with Crippen LogP contribution in [0.2, 0.25) is 0 Å². The fraction of sp³-hybridized carbons (Fsp3) is 0.682. The van der Waals surface area contributed by atoms with E-state index in [1.807, 2.05) is 0 Å². The van der Waals surface area contributed by atoms with Crippen molar-refractivity contribution in [3.05, 3.63) is 23.8 Å². The molecule has 0 radical (unpaired) electrons. The molecule has 152 valence electrons. The van der Waals surface area contributed by atoms with E-state index in [0.29, 0.717) is 24.8 Å². The van der Waals surface area contributed by atoms with E-state index < -0.39 is 45.5 Å². The topological polar surface area (TPSA) is 71.4 Å². The van der Waals surface area contributed by atoms with Crippen LogP contribution in [0.25, 0.3) is 0 Å². The molecule has 0 aromatic carbocycles. The fourth-order valence-electron chi connectivity index (χ4n) is 6.97. The molecule has 7 unspecified atom stereocenters. The molecule has 28 heavy (non-hydrogen) atoms. The van der Waals surface area contributed by atoms with Gasteiger partial charge in [-0.3, -0.25) is 14.4 Å². The highest BCUT2D eigenvalue weighted by Gasteiger charge is 2.75. The Labute approximate surface area is 169 Å². The first-order valence-electron chi connectivity index (χ1n) is 9.95. The Morgan fingerprint density at radius 1 is 1.32 bits per heavy atom. The van der Waals surface area contributed by atoms with Gasteiger partial charge in [0.25, 0.3) is 0 Å². The van der Waals surface area contributed by atoms with Crippen molar-refractivity contribution in [1.29, 1.82) is 0 Å². The fourth-order valence-corrected chi connectivity index (χ4v) is 7.17. The summed E-state index contributed by atoms with van der Waals surface area (Å²) < 4.78 is 16.8. The quantitative estimate of drug-likeness (QED) is 0.711. The van der Waals surface area contributed by atoms with Crippen LogP contribution in [0.3, 0.4) is 0 Å². The molecular weight excluding hydrogens is 383 g/mol. The molecule has 4 rings (SSSR count). The zero-order valence-corrected chi connectivity index (χ0v) is 17.2. The molecule has 0 aromatic heterocycles. The minimum atomic E-state index is -2.15. The minimum absolute atomic E-state index is 0.181. The van der Waals surface area contributed by atoms with E-state index in [-0.39, 0.29) is 24.0 Å². The lowest BCUT2D eigenvalue weighted by Gasteiger charge is -2.59. The van der Waals surface area contributed by atoms with Crippen LogP contribution in [0.5, 0.6) is 0 Å². The number of halogens is 2. The van der Waals surface area contributed by atoms with Crippen molar-refractivity contribution in [3.8, 4) is 0 Å². The van der Waals surface area contributed by atoms with E-state index >= 15 is 4.39 Å². The summed E-state index contributed by atoms with van der Waals surface area (Å²) in [5.74, 6) is -2.92. The van der Waals surface area contributed by atoms with Gasteiger partial charge >= 0.3 is 0 Å². The SMILES string of the molecule is CC1CC2C3CCC4=CC(=O)C=CC4(C)C3(F)C(=O)CC2(C)C1(O)C(=O)CCl. The average Bonchev–Trinajstić information content (AvgIpc) is 2.84. The Hall–Kier alpha value is -1.33. The Bertz CT molecular complexity index is 849. The maximum atomic E-state index is 16.8. The summed E-state index contributed by atoms with van der Waals surface area (Å²) in [6.07, 6.45) is 5.56. The second kappa shape index (κ2) is 5.85. The highest BCUT2D eigenvalue weighted by molar-refractivity contribution is 6.29. The molecule has 0 heterocycles. The summed E-state index contributed by atoms with van der Waals surface area (Å²) in [5.41, 5.74) is -5.42. The maximum Gasteiger partial charge on any atom is 0.184 e. The summed E-state index contributed by atoms with van der Waals surface area (Å²) >= 11 is 5.79. The van der Waals surface area contributed by atoms with E-state index in [2.05, 4.69) is 0 Å². The molecule has 4 nitrogen and oxygen atoms in total. The van der Waals surface area contributed by atoms with E-state index in [9.17, 15) is 19.5 Å². The third-order valence-electron chi connectivity index (χ3n) is 8.53. The van der Waals surface area contributed by atoms with Crippen molar-refractivity contribution in [2.75, 3.05) is 5.88 Å². The minimum Gasteiger partial charge on any atom is -0.381 e. The number of rotatable bonds is 2. The van der Waals surface area contributed by atoms with E-state index in [0.717, 1.165) is 0 Å². The molecule has 0 amide bonds. The number of carbonyl (C=O) groups is 3. The average molecular weight is 409 g/mol. The predicted octanol–water partition coefficient (Wildman–Crippen LogP) is 3.35. The van der Waals surface area contributed by atoms with Crippen molar-refractivity contribution in [2.24, 2.45) is 28.6 Å². The van der Waals surface area contributed by atoms with Crippen LogP contribution in [0.15, 0.2) is 23.8 Å². The number of hydrogen-bond acceptors (Lipinski definition) is 4. The van der Waals surface area contributed by atoms with Gasteiger partial charge in [0.2, 0.25) is 0 Å². The van der Waals surface area contributed by atoms with Crippen molar-refractivity contribution >= 4 is 29.0 Å². The number of Topliss-reactive ketones (excluding diaryl/α,β-unsaturated/α-hetero) is 2. The second-order valence-electron chi connectivity index (χ2n) is 9.55. The number of fused-ring (bicyclic) bond motifs is 5. The van der Waals surface area contributed by atoms with Gasteiger partial charge in [-0.15, -0.1) is 11.6 Å². The number of ketones is 3. The van der Waals surface area contributed by atoms with Gasteiger partial charge in [-0.25, -0.2) is 4.39 Å². The summed E-state index contributed by atoms with van der Waals surface area (Å²) in [6.45, 7) is 5.23. The lowest BCUT2D eigenvalue weighted by molar-refractivity contribution is -0.185. The number of aliphatic hydroxyl groups is 1. The summed E-state index contributed by atoms with van der Waals surface area (Å²) in [7, 11) is 0. The lowest BCUT2D eigenvalue weighted by Crippen LogP contribution is -2.68. The number of allylic oxidation sites excluding steroid dienone is 4. The van der Waals surface area contributed by atoms with Crippen LogP contribution < -0.4 is 0 Å². The first-order valence-corrected chi connectivity index (χ1v) is 10.5. The monoisotopic (exact) mass is 408 g/mol. The predicted molar refractivity (Wildman–Crippen MR) is 103 cm³/mol. The van der Waals surface area contributed by atoms with Crippen LogP contribution in [0, 0.1) is 28.6 Å². The molecule has 7 atom stereocenters. The van der Waals surface area contributed by atoms with Crippen molar-refractivity contribution in [3.63, 3.8) is 0 Å². The van der Waals surface area contributed by atoms with Gasteiger partial charge in [0.1, 0.15) is 5.60 Å². The zero-order chi connectivity index (χ0) is 20.7. The first kappa shape index (κ1) is 20.0. The number of hydrogen-bond donors (Lipinski definition) is 1. The largest absolute Gasteiger partial charge is 0.381 e. The zero-order valence-electron chi connectivity index (χ0n) is 16.4. The lowest BCUT2D eigenvalue weighted by atomic mass is 9.45. The highest BCUT2D eigenvalue weighted by Crippen LogP contribution is 2.69. The Morgan fingerprint density at radius 3 is 2.64 bits per heavy atom. The van der Waals surface area contributed by atoms with Crippen LogP contribution in [0.4, 0.5) is 4.39 Å². The molecule has 3 fully saturated rings. The molecule has 4 aliphatic carbocycles. The molecule has 0 aromatic rings. The van der Waals surface area contributed by atoms with E-state index in [4.69, 9.17) is 11.6 Å². The maximum absolute atomic E-state index is 16.8. The van der Waals surface area contributed by atoms with Gasteiger partial charge in [0.05, 0.1) is 5.88 Å². The van der Waals surface area contributed by atoms with E-state index in [1.54, 1.807) is 26.8 Å². The van der Waals surface area contributed by atoms with Gasteiger partial charge < -0.3 is 5.11 Å². The van der Waals surface area contributed by atoms with Crippen molar-refractivity contribution < 1.29 is 23.9 Å². The Kier molecular flexibility index (Phi) is 4.17. The normalized spacial score (nSPS) is 49.9. The Balaban J connectivity index is 1.85. The Morgan fingerprint density at radius 2 is 2.00 bits per heavy atom. The second-order valence-corrected chi connectivity index (χ2v) is 9.82. The van der Waals surface area contributed by atoms with Gasteiger partial charge in [-0.05, 0) is 50.2 Å². The third kappa shape index (κ3) is 2.02. The van der Waals surface area contributed by atoms with Crippen LogP contribution >= 0.6 is 11.6 Å².